The van der Waals surface area contributed by atoms with Gasteiger partial charge in [0.2, 0.25) is 0 Å². The number of hydrogen-bond donors (Lipinski definition) is 0. The zero-order valence-electron chi connectivity index (χ0n) is 53.0. The molecule has 0 N–H and O–H groups in total. The fourth-order valence-electron chi connectivity index (χ4n) is 13.8. The van der Waals surface area contributed by atoms with Crippen molar-refractivity contribution >= 4 is 44.6 Å². The van der Waals surface area contributed by atoms with Gasteiger partial charge in [0.25, 0.3) is 0 Å². The molecule has 1 aliphatic heterocycles. The van der Waals surface area contributed by atoms with E-state index in [1.54, 1.807) is 0 Å². The summed E-state index contributed by atoms with van der Waals surface area (Å²) in [6, 6.07) is 87.9. The first-order valence-electron chi connectivity index (χ1n) is 31.3. The lowest BCUT2D eigenvalue weighted by molar-refractivity contribution is 0.479. The van der Waals surface area contributed by atoms with Crippen LogP contribution in [0.4, 0.5) is 22.7 Å². The number of para-hydroxylation sites is 3. The van der Waals surface area contributed by atoms with Gasteiger partial charge >= 0.3 is 0 Å². The van der Waals surface area contributed by atoms with E-state index in [9.17, 15) is 0 Å². The minimum Gasteiger partial charge on any atom is -0.457 e. The van der Waals surface area contributed by atoms with E-state index in [2.05, 4.69) is 334 Å². The highest BCUT2D eigenvalue weighted by Crippen LogP contribution is 2.58. The maximum absolute atomic E-state index is 7.27. The maximum atomic E-state index is 7.27. The van der Waals surface area contributed by atoms with Gasteiger partial charge in [0.05, 0.1) is 33.5 Å². The zero-order chi connectivity index (χ0) is 61.1. The van der Waals surface area contributed by atoms with Crippen LogP contribution in [0.25, 0.3) is 61.0 Å². The largest absolute Gasteiger partial charge is 0.457 e. The first kappa shape index (κ1) is 56.4. The average molecular weight is 1150 g/mol. The summed E-state index contributed by atoms with van der Waals surface area (Å²) in [6.07, 6.45) is 2.03. The summed E-state index contributed by atoms with van der Waals surface area (Å²) >= 11 is 0. The van der Waals surface area contributed by atoms with Crippen molar-refractivity contribution in [2.75, 3.05) is 16.5 Å². The number of anilines is 4. The molecule has 0 radical (unpaired) electrons. The van der Waals surface area contributed by atoms with Crippen molar-refractivity contribution in [3.8, 4) is 50.7 Å². The van der Waals surface area contributed by atoms with E-state index in [1.165, 1.54) is 83.6 Å². The molecule has 0 unspecified atom stereocenters. The third kappa shape index (κ3) is 9.58. The third-order valence-corrected chi connectivity index (χ3v) is 18.6. The highest BCUT2D eigenvalue weighted by Gasteiger charge is 2.47. The van der Waals surface area contributed by atoms with Gasteiger partial charge in [-0.05, 0) is 155 Å². The molecule has 0 saturated heterocycles. The molecule has 2 aliphatic rings. The smallest absolute Gasteiger partial charge is 0.137 e. The molecule has 3 heterocycles. The fraction of sp³-hybridized carbons (Fsp3) is 0.217. The number of benzene rings is 10. The summed E-state index contributed by atoms with van der Waals surface area (Å²) in [5.41, 5.74) is 23.0. The molecule has 0 atom stereocenters. The molecule has 2 aromatic heterocycles. The monoisotopic (exact) mass is 1150 g/mol. The van der Waals surface area contributed by atoms with Crippen LogP contribution in [0.5, 0.6) is 11.5 Å². The molecule has 0 fully saturated rings. The second-order valence-corrected chi connectivity index (χ2v) is 28.5. The Balaban J connectivity index is 0.907. The summed E-state index contributed by atoms with van der Waals surface area (Å²) in [6.45, 7) is 28.4. The summed E-state index contributed by atoms with van der Waals surface area (Å²) in [4.78, 5) is 10.3. The Kier molecular flexibility index (Phi) is 13.4. The van der Waals surface area contributed by atoms with Crippen LogP contribution in [-0.2, 0) is 27.1 Å². The van der Waals surface area contributed by atoms with Crippen LogP contribution < -0.4 is 14.5 Å². The van der Waals surface area contributed by atoms with E-state index < -0.39 is 5.41 Å². The lowest BCUT2D eigenvalue weighted by Crippen LogP contribution is -2.30. The van der Waals surface area contributed by atoms with Crippen molar-refractivity contribution in [2.24, 2.45) is 0 Å². The number of fused-ring (bicyclic) bond motifs is 7. The summed E-state index contributed by atoms with van der Waals surface area (Å²) in [7, 11) is 0. The molecule has 0 spiro atoms. The van der Waals surface area contributed by atoms with Crippen molar-refractivity contribution in [1.29, 1.82) is 0 Å². The van der Waals surface area contributed by atoms with Crippen molar-refractivity contribution in [1.82, 2.24) is 9.55 Å². The second kappa shape index (κ2) is 20.9. The fourth-order valence-corrected chi connectivity index (χ4v) is 13.8. The molecular formula is C83H78N4O. The van der Waals surface area contributed by atoms with E-state index in [0.717, 1.165) is 56.2 Å². The van der Waals surface area contributed by atoms with Crippen molar-refractivity contribution in [2.45, 2.75) is 110 Å². The van der Waals surface area contributed by atoms with Crippen LogP contribution in [0.15, 0.2) is 243 Å². The molecule has 0 bridgehead atoms. The molecule has 14 rings (SSSR count). The number of nitrogens with zero attached hydrogens (tertiary/aromatic N) is 4. The molecule has 5 nitrogen and oxygen atoms in total. The number of hydrogen-bond acceptors (Lipinski definition) is 4. The quantitative estimate of drug-likeness (QED) is 0.144. The lowest BCUT2D eigenvalue weighted by Gasteiger charge is -2.36. The van der Waals surface area contributed by atoms with Crippen LogP contribution in [0.2, 0.25) is 0 Å². The minimum absolute atomic E-state index is 0.0799. The summed E-state index contributed by atoms with van der Waals surface area (Å²) in [5.74, 6) is 2.37. The molecule has 0 saturated carbocycles. The van der Waals surface area contributed by atoms with Gasteiger partial charge in [0.15, 0.2) is 0 Å². The number of ether oxygens (including phenoxy) is 1. The van der Waals surface area contributed by atoms with Crippen molar-refractivity contribution in [3.05, 3.63) is 287 Å². The van der Waals surface area contributed by atoms with Crippen LogP contribution in [-0.4, -0.2) is 16.2 Å². The van der Waals surface area contributed by atoms with Gasteiger partial charge in [-0.25, -0.2) is 4.98 Å². The van der Waals surface area contributed by atoms with Crippen molar-refractivity contribution in [3.63, 3.8) is 0 Å². The first-order chi connectivity index (χ1) is 42.1. The van der Waals surface area contributed by atoms with Gasteiger partial charge < -0.3 is 14.5 Å². The standard InChI is InChI=1S/C83H78N4O/c1-79(2,3)57-43-58(80(4,5)6)45-61(44-57)83(71-34-22-19-31-65(71)66-32-20-23-35-72(66)83)56-41-42-84-77(50-56)87-73-36-24-21-33-67(73)68-40-39-63(52-76(68)87)88-64-47-59(81(7,8)9)46-62(51-64)85-53-86(75-38-26-25-37-74(75)85)78-69(54-27-15-13-16-28-54)48-60(82(10,11)12)49-70(78)55-29-17-14-18-30-55/h13-52H,53H2,1-12H3. The van der Waals surface area contributed by atoms with E-state index in [1.807, 2.05) is 6.20 Å². The molecule has 1 aliphatic carbocycles. The Morgan fingerprint density at radius 2 is 0.875 bits per heavy atom. The average Bonchev–Trinajstić information content (AvgIpc) is 1.56. The van der Waals surface area contributed by atoms with Gasteiger partial charge in [-0.2, -0.15) is 0 Å². The zero-order valence-corrected chi connectivity index (χ0v) is 53.0. The van der Waals surface area contributed by atoms with Crippen LogP contribution in [0, 0.1) is 0 Å². The Morgan fingerprint density at radius 1 is 0.375 bits per heavy atom. The second-order valence-electron chi connectivity index (χ2n) is 28.5. The highest BCUT2D eigenvalue weighted by molar-refractivity contribution is 6.09. The van der Waals surface area contributed by atoms with Crippen LogP contribution >= 0.6 is 0 Å². The normalized spacial score (nSPS) is 13.9. The molecule has 5 heteroatoms. The molecule has 0 amide bonds. The Labute approximate surface area is 520 Å². The van der Waals surface area contributed by atoms with E-state index in [0.29, 0.717) is 6.67 Å². The predicted molar refractivity (Wildman–Crippen MR) is 370 cm³/mol. The van der Waals surface area contributed by atoms with E-state index in [-0.39, 0.29) is 21.7 Å². The summed E-state index contributed by atoms with van der Waals surface area (Å²) in [5, 5.41) is 2.29. The number of pyridine rings is 1. The Bertz CT molecular complexity index is 4540. The molecule has 436 valence electrons. The number of rotatable bonds is 9. The minimum atomic E-state index is -0.646. The molecule has 12 aromatic rings. The van der Waals surface area contributed by atoms with Crippen LogP contribution in [0.1, 0.15) is 128 Å². The maximum Gasteiger partial charge on any atom is 0.137 e. The van der Waals surface area contributed by atoms with Crippen LogP contribution in [0.3, 0.4) is 0 Å². The topological polar surface area (TPSA) is 33.5 Å². The highest BCUT2D eigenvalue weighted by atomic mass is 16.5. The van der Waals surface area contributed by atoms with E-state index >= 15 is 0 Å². The van der Waals surface area contributed by atoms with Gasteiger partial charge in [-0.1, -0.05) is 241 Å². The molecule has 10 aromatic carbocycles. The Hall–Kier alpha value is -9.45. The first-order valence-corrected chi connectivity index (χ1v) is 31.3. The number of aromatic nitrogens is 2. The SMILES string of the molecule is CC(C)(C)c1cc(Oc2ccc3c4ccccc4n(-c4cc(C5(c6cc(C(C)(C)C)cc(C(C)(C)C)c6)c6ccccc6-c6ccccc65)ccn4)c3c2)cc(N2CN(c3c(-c4ccccc4)cc(C(C)(C)C)cc3-c3ccccc3)c3ccccc32)c1. The van der Waals surface area contributed by atoms with Gasteiger partial charge in [-0.3, -0.25) is 4.57 Å². The van der Waals surface area contributed by atoms with E-state index in [4.69, 9.17) is 9.72 Å². The molecular weight excluding hydrogens is 1070 g/mol. The van der Waals surface area contributed by atoms with Gasteiger partial charge in [0, 0.05) is 45.9 Å². The van der Waals surface area contributed by atoms with Crippen molar-refractivity contribution < 1.29 is 4.74 Å². The third-order valence-electron chi connectivity index (χ3n) is 18.6. The van der Waals surface area contributed by atoms with Gasteiger partial charge in [0.1, 0.15) is 24.0 Å². The Morgan fingerprint density at radius 3 is 1.47 bits per heavy atom. The lowest BCUT2D eigenvalue weighted by atomic mass is 9.65. The summed E-state index contributed by atoms with van der Waals surface area (Å²) < 4.78 is 9.62. The van der Waals surface area contributed by atoms with Gasteiger partial charge in [-0.15, -0.1) is 0 Å². The molecule has 88 heavy (non-hydrogen) atoms. The predicted octanol–water partition coefficient (Wildman–Crippen LogP) is 22.1.